The molecule has 1 unspecified atom stereocenters. The number of allylic oxidation sites excluding steroid dienone is 12. The third-order valence-corrected chi connectivity index (χ3v) is 12.0. The van der Waals surface area contributed by atoms with Gasteiger partial charge in [-0.25, -0.2) is 0 Å². The van der Waals surface area contributed by atoms with Gasteiger partial charge in [0.2, 0.25) is 0 Å². The van der Waals surface area contributed by atoms with Crippen LogP contribution in [-0.4, -0.2) is 37.2 Å². The van der Waals surface area contributed by atoms with E-state index >= 15 is 0 Å². The van der Waals surface area contributed by atoms with Crippen molar-refractivity contribution in [1.82, 2.24) is 0 Å². The second-order valence-corrected chi connectivity index (χ2v) is 18.6. The predicted molar refractivity (Wildman–Crippen MR) is 284 cm³/mol. The van der Waals surface area contributed by atoms with Crippen molar-refractivity contribution in [3.63, 3.8) is 0 Å². The summed E-state index contributed by atoms with van der Waals surface area (Å²) in [5.74, 6) is -0.934. The summed E-state index contributed by atoms with van der Waals surface area (Å²) in [4.78, 5) is 38.1. The van der Waals surface area contributed by atoms with E-state index in [0.717, 1.165) is 109 Å². The molecular formula is C60H104O6. The molecule has 0 amide bonds. The maximum absolute atomic E-state index is 12.8. The van der Waals surface area contributed by atoms with Crippen molar-refractivity contribution in [2.45, 2.75) is 277 Å². The Balaban J connectivity index is 4.46. The Bertz CT molecular complexity index is 1240. The molecule has 1 atom stereocenters. The van der Waals surface area contributed by atoms with E-state index in [-0.39, 0.29) is 31.1 Å². The molecule has 0 aromatic carbocycles. The summed E-state index contributed by atoms with van der Waals surface area (Å²) in [5, 5.41) is 0. The molecule has 6 heteroatoms. The zero-order valence-electron chi connectivity index (χ0n) is 43.4. The first-order valence-corrected chi connectivity index (χ1v) is 28.0. The maximum atomic E-state index is 12.8. The minimum Gasteiger partial charge on any atom is -0.462 e. The number of hydrogen-bond acceptors (Lipinski definition) is 6. The molecule has 0 N–H and O–H groups in total. The van der Waals surface area contributed by atoms with Crippen molar-refractivity contribution in [3.8, 4) is 0 Å². The SMILES string of the molecule is CCCCC\C=C/C=C\C=C/C=C\CCCCCCCC(=O)OCC(COC(=O)CCCCC/C=C\CCCCCCCCC)OC(=O)CCCCCCC/C=C\CCCCCCCCC. The van der Waals surface area contributed by atoms with Crippen LogP contribution in [-0.2, 0) is 28.6 Å². The van der Waals surface area contributed by atoms with Gasteiger partial charge >= 0.3 is 17.9 Å². The van der Waals surface area contributed by atoms with Gasteiger partial charge in [-0.15, -0.1) is 0 Å². The third-order valence-electron chi connectivity index (χ3n) is 12.0. The molecular weight excluding hydrogens is 817 g/mol. The average Bonchev–Trinajstić information content (AvgIpc) is 3.31. The second kappa shape index (κ2) is 54.5. The van der Waals surface area contributed by atoms with Crippen LogP contribution in [0.4, 0.5) is 0 Å². The van der Waals surface area contributed by atoms with Crippen LogP contribution in [0.2, 0.25) is 0 Å². The standard InChI is InChI=1S/C60H104O6/c1-4-7-10-13-16-19-22-25-28-30-31-33-35-38-41-44-47-50-53-59(62)65-56-57(55-64-58(61)52-49-46-43-40-37-34-27-24-21-18-15-12-9-6-3)66-60(63)54-51-48-45-42-39-36-32-29-26-23-20-17-14-11-8-5-2/h16,19,22,25,28-34,37,57H,4-15,17-18,20-21,23-24,26-27,35-36,38-56H2,1-3H3/b19-16-,25-22-,30-28-,32-29-,33-31-,37-34-. The molecule has 0 aromatic heterocycles. The van der Waals surface area contributed by atoms with Crippen LogP contribution in [0, 0.1) is 0 Å². The van der Waals surface area contributed by atoms with Crippen LogP contribution in [0.3, 0.4) is 0 Å². The monoisotopic (exact) mass is 921 g/mol. The van der Waals surface area contributed by atoms with Gasteiger partial charge < -0.3 is 14.2 Å². The van der Waals surface area contributed by atoms with Gasteiger partial charge in [0.15, 0.2) is 6.10 Å². The Labute approximate surface area is 408 Å². The minimum atomic E-state index is -0.796. The molecule has 0 spiro atoms. The number of esters is 3. The highest BCUT2D eigenvalue weighted by Crippen LogP contribution is 2.14. The van der Waals surface area contributed by atoms with E-state index in [1.54, 1.807) is 0 Å². The molecule has 0 aliphatic rings. The van der Waals surface area contributed by atoms with E-state index in [0.29, 0.717) is 19.3 Å². The lowest BCUT2D eigenvalue weighted by Crippen LogP contribution is -2.30. The number of unbranched alkanes of at least 4 members (excludes halogenated alkanes) is 30. The van der Waals surface area contributed by atoms with E-state index in [1.807, 2.05) is 0 Å². The highest BCUT2D eigenvalue weighted by molar-refractivity contribution is 5.71. The van der Waals surface area contributed by atoms with Crippen molar-refractivity contribution in [1.29, 1.82) is 0 Å². The fourth-order valence-corrected chi connectivity index (χ4v) is 7.74. The van der Waals surface area contributed by atoms with Crippen LogP contribution in [0.1, 0.15) is 271 Å². The van der Waals surface area contributed by atoms with Gasteiger partial charge in [-0.1, -0.05) is 229 Å². The first-order valence-electron chi connectivity index (χ1n) is 28.0. The van der Waals surface area contributed by atoms with Crippen molar-refractivity contribution < 1.29 is 28.6 Å². The van der Waals surface area contributed by atoms with Gasteiger partial charge in [0.05, 0.1) is 0 Å². The molecule has 0 radical (unpaired) electrons. The summed E-state index contributed by atoms with van der Waals surface area (Å²) >= 11 is 0. The first-order chi connectivity index (χ1) is 32.5. The summed E-state index contributed by atoms with van der Waals surface area (Å²) in [6.45, 7) is 6.57. The summed E-state index contributed by atoms with van der Waals surface area (Å²) in [6.07, 6.45) is 68.8. The summed E-state index contributed by atoms with van der Waals surface area (Å²) in [6, 6.07) is 0. The molecule has 0 aromatic rings. The first kappa shape index (κ1) is 62.8. The Morgan fingerprint density at radius 2 is 0.561 bits per heavy atom. The van der Waals surface area contributed by atoms with Crippen molar-refractivity contribution in [3.05, 3.63) is 72.9 Å². The Morgan fingerprint density at radius 1 is 0.303 bits per heavy atom. The van der Waals surface area contributed by atoms with E-state index in [9.17, 15) is 14.4 Å². The van der Waals surface area contributed by atoms with Crippen LogP contribution >= 0.6 is 0 Å². The maximum Gasteiger partial charge on any atom is 0.306 e. The van der Waals surface area contributed by atoms with E-state index in [2.05, 4.69) is 93.7 Å². The van der Waals surface area contributed by atoms with Gasteiger partial charge in [-0.05, 0) is 96.3 Å². The van der Waals surface area contributed by atoms with Gasteiger partial charge in [0, 0.05) is 19.3 Å². The van der Waals surface area contributed by atoms with Gasteiger partial charge in [-0.3, -0.25) is 14.4 Å². The fraction of sp³-hybridized carbons (Fsp3) is 0.750. The van der Waals surface area contributed by atoms with Crippen molar-refractivity contribution in [2.24, 2.45) is 0 Å². The topological polar surface area (TPSA) is 78.9 Å². The van der Waals surface area contributed by atoms with Crippen LogP contribution in [0.5, 0.6) is 0 Å². The van der Waals surface area contributed by atoms with Crippen LogP contribution < -0.4 is 0 Å². The lowest BCUT2D eigenvalue weighted by molar-refractivity contribution is -0.167. The Kier molecular flexibility index (Phi) is 51.9. The zero-order chi connectivity index (χ0) is 47.9. The van der Waals surface area contributed by atoms with Crippen LogP contribution in [0.25, 0.3) is 0 Å². The number of carbonyl (C=O) groups is 3. The Hall–Kier alpha value is -3.15. The average molecular weight is 921 g/mol. The van der Waals surface area contributed by atoms with E-state index in [1.165, 1.54) is 122 Å². The lowest BCUT2D eigenvalue weighted by atomic mass is 10.1. The zero-order valence-corrected chi connectivity index (χ0v) is 43.4. The molecule has 0 heterocycles. The third kappa shape index (κ3) is 51.8. The van der Waals surface area contributed by atoms with Gasteiger partial charge in [-0.2, -0.15) is 0 Å². The van der Waals surface area contributed by atoms with Gasteiger partial charge in [0.1, 0.15) is 13.2 Å². The molecule has 0 bridgehead atoms. The highest BCUT2D eigenvalue weighted by atomic mass is 16.6. The Morgan fingerprint density at radius 3 is 0.939 bits per heavy atom. The number of hydrogen-bond donors (Lipinski definition) is 0. The molecule has 0 fully saturated rings. The molecule has 0 saturated heterocycles. The molecule has 0 rings (SSSR count). The van der Waals surface area contributed by atoms with Gasteiger partial charge in [0.25, 0.3) is 0 Å². The summed E-state index contributed by atoms with van der Waals surface area (Å²) in [7, 11) is 0. The number of carbonyl (C=O) groups excluding carboxylic acids is 3. The van der Waals surface area contributed by atoms with Crippen molar-refractivity contribution in [2.75, 3.05) is 13.2 Å². The van der Waals surface area contributed by atoms with E-state index < -0.39 is 6.10 Å². The quantitative estimate of drug-likeness (QED) is 0.0199. The molecule has 0 aliphatic carbocycles. The smallest absolute Gasteiger partial charge is 0.306 e. The summed E-state index contributed by atoms with van der Waals surface area (Å²) < 4.78 is 16.8. The normalized spacial score (nSPS) is 12.6. The van der Waals surface area contributed by atoms with Crippen molar-refractivity contribution >= 4 is 17.9 Å². The molecule has 66 heavy (non-hydrogen) atoms. The summed E-state index contributed by atoms with van der Waals surface area (Å²) in [5.41, 5.74) is 0. The largest absolute Gasteiger partial charge is 0.462 e. The number of rotatable bonds is 50. The number of ether oxygens (including phenoxy) is 3. The highest BCUT2D eigenvalue weighted by Gasteiger charge is 2.19. The molecule has 0 saturated carbocycles. The van der Waals surface area contributed by atoms with E-state index in [4.69, 9.17) is 14.2 Å². The predicted octanol–water partition coefficient (Wildman–Crippen LogP) is 18.6. The fourth-order valence-electron chi connectivity index (χ4n) is 7.74. The molecule has 6 nitrogen and oxygen atoms in total. The lowest BCUT2D eigenvalue weighted by Gasteiger charge is -2.18. The second-order valence-electron chi connectivity index (χ2n) is 18.6. The minimum absolute atomic E-state index is 0.0941. The van der Waals surface area contributed by atoms with Crippen LogP contribution in [0.15, 0.2) is 72.9 Å². The molecule has 380 valence electrons. The molecule has 0 aliphatic heterocycles.